The molecule has 1 aliphatic carbocycles. The summed E-state index contributed by atoms with van der Waals surface area (Å²) in [6, 6.07) is 15.6. The van der Waals surface area contributed by atoms with Crippen molar-refractivity contribution in [3.05, 3.63) is 59.7 Å². The standard InChI is InChI=1S/C25H27F3N2O5/c1-15(2)20(23(33)30(12-22(31)32)14-25(26,27)28)11-29-24(34)35-13-21-18-9-5-3-7-16(18)17-8-4-6-10-19(17)21/h3-10,15,20-21H,11-14H2,1-2H3,(H,29,34)(H,31,32). The van der Waals surface area contributed by atoms with E-state index in [0.717, 1.165) is 22.3 Å². The lowest BCUT2D eigenvalue weighted by Gasteiger charge is -2.29. The number of aliphatic carboxylic acids is 1. The number of nitrogens with zero attached hydrogens (tertiary/aromatic N) is 1. The predicted octanol–water partition coefficient (Wildman–Crippen LogP) is 4.27. The summed E-state index contributed by atoms with van der Waals surface area (Å²) in [5.74, 6) is -4.25. The van der Waals surface area contributed by atoms with E-state index in [2.05, 4.69) is 5.32 Å². The number of rotatable bonds is 9. The number of carboxylic acid groups (broad SMARTS) is 1. The zero-order valence-corrected chi connectivity index (χ0v) is 19.3. The zero-order chi connectivity index (χ0) is 25.8. The second-order valence-electron chi connectivity index (χ2n) is 8.76. The highest BCUT2D eigenvalue weighted by atomic mass is 19.4. The molecule has 7 nitrogen and oxygen atoms in total. The molecule has 0 radical (unpaired) electrons. The molecule has 1 unspecified atom stereocenters. The smallest absolute Gasteiger partial charge is 0.407 e. The number of nitrogens with one attached hydrogen (secondary N) is 1. The largest absolute Gasteiger partial charge is 0.480 e. The molecule has 1 atom stereocenters. The molecule has 0 saturated carbocycles. The molecule has 35 heavy (non-hydrogen) atoms. The van der Waals surface area contributed by atoms with E-state index >= 15 is 0 Å². The molecule has 3 rings (SSSR count). The van der Waals surface area contributed by atoms with Crippen molar-refractivity contribution in [2.24, 2.45) is 11.8 Å². The first-order chi connectivity index (χ1) is 16.5. The number of alkyl carbamates (subject to hydrolysis) is 1. The molecule has 0 aromatic heterocycles. The first kappa shape index (κ1) is 26.1. The Bertz CT molecular complexity index is 1040. The van der Waals surface area contributed by atoms with E-state index in [9.17, 15) is 27.6 Å². The molecule has 2 N–H and O–H groups in total. The Balaban J connectivity index is 1.63. The number of ether oxygens (including phenoxy) is 1. The van der Waals surface area contributed by atoms with Crippen LogP contribution in [-0.2, 0) is 14.3 Å². The first-order valence-corrected chi connectivity index (χ1v) is 11.1. The molecule has 0 aliphatic heterocycles. The van der Waals surface area contributed by atoms with Crippen LogP contribution in [0, 0.1) is 11.8 Å². The van der Waals surface area contributed by atoms with Crippen LogP contribution in [-0.4, -0.2) is 60.4 Å². The highest BCUT2D eigenvalue weighted by molar-refractivity contribution is 5.84. The summed E-state index contributed by atoms with van der Waals surface area (Å²) in [6.07, 6.45) is -5.57. The van der Waals surface area contributed by atoms with Gasteiger partial charge in [-0.25, -0.2) is 4.79 Å². The number of carbonyl (C=O) groups is 3. The fourth-order valence-corrected chi connectivity index (χ4v) is 4.28. The van der Waals surface area contributed by atoms with Crippen LogP contribution in [0.5, 0.6) is 0 Å². The number of carboxylic acids is 1. The summed E-state index contributed by atoms with van der Waals surface area (Å²) in [4.78, 5) is 36.4. The van der Waals surface area contributed by atoms with Gasteiger partial charge >= 0.3 is 18.2 Å². The second-order valence-corrected chi connectivity index (χ2v) is 8.76. The van der Waals surface area contributed by atoms with Gasteiger partial charge in [0.05, 0.1) is 5.92 Å². The molecule has 2 amide bonds. The van der Waals surface area contributed by atoms with E-state index in [4.69, 9.17) is 9.84 Å². The summed E-state index contributed by atoms with van der Waals surface area (Å²) < 4.78 is 44.0. The number of carbonyl (C=O) groups excluding carboxylic acids is 2. The summed E-state index contributed by atoms with van der Waals surface area (Å²) >= 11 is 0. The Morgan fingerprint density at radius 2 is 1.57 bits per heavy atom. The Morgan fingerprint density at radius 3 is 2.06 bits per heavy atom. The van der Waals surface area contributed by atoms with E-state index < -0.39 is 49.1 Å². The van der Waals surface area contributed by atoms with Crippen molar-refractivity contribution in [3.8, 4) is 11.1 Å². The fourth-order valence-electron chi connectivity index (χ4n) is 4.28. The molecule has 0 saturated heterocycles. The maximum absolute atomic E-state index is 12.9. The van der Waals surface area contributed by atoms with E-state index in [1.54, 1.807) is 13.8 Å². The molecule has 0 fully saturated rings. The zero-order valence-electron chi connectivity index (χ0n) is 19.3. The third-order valence-electron chi connectivity index (χ3n) is 5.94. The van der Waals surface area contributed by atoms with E-state index in [1.807, 2.05) is 48.5 Å². The molecule has 188 valence electrons. The Kier molecular flexibility index (Phi) is 8.03. The highest BCUT2D eigenvalue weighted by Gasteiger charge is 2.37. The molecule has 2 aromatic rings. The van der Waals surface area contributed by atoms with Gasteiger partial charge in [0.25, 0.3) is 0 Å². The van der Waals surface area contributed by atoms with Crippen LogP contribution in [0.2, 0.25) is 0 Å². The summed E-state index contributed by atoms with van der Waals surface area (Å²) in [7, 11) is 0. The van der Waals surface area contributed by atoms with Gasteiger partial charge in [-0.3, -0.25) is 9.59 Å². The lowest BCUT2D eigenvalue weighted by Crippen LogP contribution is -2.48. The van der Waals surface area contributed by atoms with Crippen LogP contribution in [0.25, 0.3) is 11.1 Å². The van der Waals surface area contributed by atoms with Crippen molar-refractivity contribution in [2.75, 3.05) is 26.2 Å². The van der Waals surface area contributed by atoms with E-state index in [0.29, 0.717) is 0 Å². The van der Waals surface area contributed by atoms with Crippen molar-refractivity contribution in [2.45, 2.75) is 25.9 Å². The number of halogens is 3. The quantitative estimate of drug-likeness (QED) is 0.545. The second kappa shape index (κ2) is 10.8. The Labute approximate surface area is 200 Å². The van der Waals surface area contributed by atoms with Gasteiger partial charge in [-0.1, -0.05) is 62.4 Å². The molecule has 2 aromatic carbocycles. The highest BCUT2D eigenvalue weighted by Crippen LogP contribution is 2.44. The molecule has 1 aliphatic rings. The van der Waals surface area contributed by atoms with Crippen LogP contribution in [0.3, 0.4) is 0 Å². The Morgan fingerprint density at radius 1 is 1.03 bits per heavy atom. The van der Waals surface area contributed by atoms with Crippen molar-refractivity contribution in [1.29, 1.82) is 0 Å². The minimum Gasteiger partial charge on any atom is -0.480 e. The lowest BCUT2D eigenvalue weighted by atomic mass is 9.94. The van der Waals surface area contributed by atoms with E-state index in [1.165, 1.54) is 0 Å². The van der Waals surface area contributed by atoms with Crippen molar-refractivity contribution in [1.82, 2.24) is 10.2 Å². The molecule has 0 spiro atoms. The minimum atomic E-state index is -4.76. The van der Waals surface area contributed by atoms with Crippen LogP contribution >= 0.6 is 0 Å². The minimum absolute atomic E-state index is 0.0410. The first-order valence-electron chi connectivity index (χ1n) is 11.1. The van der Waals surface area contributed by atoms with Gasteiger partial charge in [0.2, 0.25) is 5.91 Å². The summed E-state index contributed by atoms with van der Waals surface area (Å²) in [6.45, 7) is 0.183. The van der Waals surface area contributed by atoms with Crippen LogP contribution in [0.15, 0.2) is 48.5 Å². The van der Waals surface area contributed by atoms with Gasteiger partial charge in [0, 0.05) is 12.5 Å². The third kappa shape index (κ3) is 6.52. The van der Waals surface area contributed by atoms with Gasteiger partial charge in [-0.2, -0.15) is 13.2 Å². The average molecular weight is 492 g/mol. The van der Waals surface area contributed by atoms with Gasteiger partial charge in [0.1, 0.15) is 19.7 Å². The van der Waals surface area contributed by atoms with Gasteiger partial charge in [0.15, 0.2) is 0 Å². The van der Waals surface area contributed by atoms with Crippen LogP contribution < -0.4 is 5.32 Å². The van der Waals surface area contributed by atoms with Crippen molar-refractivity contribution < 1.29 is 37.4 Å². The van der Waals surface area contributed by atoms with Gasteiger partial charge in [-0.15, -0.1) is 0 Å². The topological polar surface area (TPSA) is 95.9 Å². The normalized spacial score (nSPS) is 13.7. The number of benzene rings is 2. The summed E-state index contributed by atoms with van der Waals surface area (Å²) in [5, 5.41) is 11.4. The monoisotopic (exact) mass is 492 g/mol. The number of hydrogen-bond acceptors (Lipinski definition) is 4. The van der Waals surface area contributed by atoms with Crippen LogP contribution in [0.1, 0.15) is 30.9 Å². The van der Waals surface area contributed by atoms with Crippen LogP contribution in [0.4, 0.5) is 18.0 Å². The maximum Gasteiger partial charge on any atom is 0.407 e. The predicted molar refractivity (Wildman–Crippen MR) is 122 cm³/mol. The maximum atomic E-state index is 12.9. The molecular weight excluding hydrogens is 465 g/mol. The number of hydrogen-bond donors (Lipinski definition) is 2. The average Bonchev–Trinajstić information content (AvgIpc) is 3.09. The van der Waals surface area contributed by atoms with Crippen molar-refractivity contribution >= 4 is 18.0 Å². The van der Waals surface area contributed by atoms with E-state index in [-0.39, 0.29) is 24.0 Å². The fraction of sp³-hybridized carbons (Fsp3) is 0.400. The number of alkyl halides is 3. The molecule has 0 bridgehead atoms. The molecule has 10 heteroatoms. The summed E-state index contributed by atoms with van der Waals surface area (Å²) in [5.41, 5.74) is 4.16. The molecular formula is C25H27F3N2O5. The Hall–Kier alpha value is -3.56. The van der Waals surface area contributed by atoms with Gasteiger partial charge < -0.3 is 20.1 Å². The van der Waals surface area contributed by atoms with Gasteiger partial charge in [-0.05, 0) is 28.2 Å². The van der Waals surface area contributed by atoms with Crippen molar-refractivity contribution in [3.63, 3.8) is 0 Å². The number of amides is 2. The lowest BCUT2D eigenvalue weighted by molar-refractivity contribution is -0.168. The number of fused-ring (bicyclic) bond motifs is 3. The third-order valence-corrected chi connectivity index (χ3v) is 5.94. The SMILES string of the molecule is CC(C)C(CNC(=O)OCC1c2ccccc2-c2ccccc21)C(=O)N(CC(=O)O)CC(F)(F)F. The molecule has 0 heterocycles.